The molecule has 3 atom stereocenters. The number of fused-ring (bicyclic) bond motifs is 4. The Morgan fingerprint density at radius 3 is 2.93 bits per heavy atom. The Labute approximate surface area is 171 Å². The molecule has 5 aliphatic rings. The molecule has 154 valence electrons. The molecule has 2 unspecified atom stereocenters. The second-order valence-corrected chi connectivity index (χ2v) is 9.13. The van der Waals surface area contributed by atoms with Crippen molar-refractivity contribution < 1.29 is 13.9 Å². The maximum absolute atomic E-state index is 6.55. The summed E-state index contributed by atoms with van der Waals surface area (Å²) in [7, 11) is 0. The summed E-state index contributed by atoms with van der Waals surface area (Å²) in [5.41, 5.74) is 3.43. The standard InChI is InChI=1S/C23H29N3O3/c1-2-20-3-5-26(4-1)16-23(20)12-17-10-18(13-24-22(17)29-23)19-11-21(28-15-19)14-25-6-8-27-9-7-25/h10-11,13,15,20H,1-9,12,14,16H2/t20?,23-/m0/s1. The lowest BCUT2D eigenvalue weighted by atomic mass is 9.77. The Balaban J connectivity index is 1.21. The highest BCUT2D eigenvalue weighted by molar-refractivity contribution is 5.64. The molecule has 2 aromatic rings. The van der Waals surface area contributed by atoms with E-state index in [1.165, 1.54) is 37.9 Å². The second-order valence-electron chi connectivity index (χ2n) is 9.13. The fourth-order valence-electron chi connectivity index (χ4n) is 5.68. The first kappa shape index (κ1) is 17.9. The maximum atomic E-state index is 6.55. The van der Waals surface area contributed by atoms with Crippen LogP contribution in [0, 0.1) is 5.92 Å². The molecule has 4 fully saturated rings. The van der Waals surface area contributed by atoms with Crippen LogP contribution in [-0.2, 0) is 17.7 Å². The number of aromatic nitrogens is 1. The highest BCUT2D eigenvalue weighted by Crippen LogP contribution is 2.46. The van der Waals surface area contributed by atoms with Gasteiger partial charge in [-0.1, -0.05) is 0 Å². The van der Waals surface area contributed by atoms with Crippen LogP contribution in [-0.4, -0.2) is 66.3 Å². The minimum absolute atomic E-state index is 0.0550. The van der Waals surface area contributed by atoms with E-state index in [1.54, 1.807) is 0 Å². The monoisotopic (exact) mass is 395 g/mol. The van der Waals surface area contributed by atoms with Crippen LogP contribution in [0.25, 0.3) is 11.1 Å². The van der Waals surface area contributed by atoms with Gasteiger partial charge in [-0.25, -0.2) is 4.98 Å². The van der Waals surface area contributed by atoms with Crippen LogP contribution in [0.5, 0.6) is 5.88 Å². The highest BCUT2D eigenvalue weighted by Gasteiger charge is 2.51. The molecule has 7 rings (SSSR count). The molecule has 0 aliphatic carbocycles. The fraction of sp³-hybridized carbons (Fsp3) is 0.609. The third-order valence-corrected chi connectivity index (χ3v) is 7.24. The molecule has 0 aromatic carbocycles. The first-order valence-electron chi connectivity index (χ1n) is 11.1. The molecule has 2 aromatic heterocycles. The summed E-state index contributed by atoms with van der Waals surface area (Å²) < 4.78 is 17.8. The quantitative estimate of drug-likeness (QED) is 0.797. The Morgan fingerprint density at radius 1 is 1.07 bits per heavy atom. The van der Waals surface area contributed by atoms with Gasteiger partial charge < -0.3 is 13.9 Å². The van der Waals surface area contributed by atoms with Crippen LogP contribution in [0.1, 0.15) is 30.6 Å². The molecule has 29 heavy (non-hydrogen) atoms. The molecule has 4 saturated heterocycles. The van der Waals surface area contributed by atoms with Crippen LogP contribution in [0.4, 0.5) is 0 Å². The Hall–Kier alpha value is -1.89. The van der Waals surface area contributed by atoms with E-state index in [4.69, 9.17) is 18.9 Å². The summed E-state index contributed by atoms with van der Waals surface area (Å²) in [6.07, 6.45) is 8.63. The van der Waals surface area contributed by atoms with Gasteiger partial charge in [0.2, 0.25) is 5.88 Å². The normalized spacial score (nSPS) is 31.6. The third-order valence-electron chi connectivity index (χ3n) is 7.24. The molecule has 6 heteroatoms. The zero-order valence-electron chi connectivity index (χ0n) is 16.9. The van der Waals surface area contributed by atoms with Crippen LogP contribution >= 0.6 is 0 Å². The van der Waals surface area contributed by atoms with Crippen molar-refractivity contribution in [2.24, 2.45) is 5.92 Å². The first-order chi connectivity index (χ1) is 14.3. The summed E-state index contributed by atoms with van der Waals surface area (Å²) in [6, 6.07) is 4.43. The number of nitrogens with zero attached hydrogens (tertiary/aromatic N) is 3. The molecule has 5 aliphatic heterocycles. The van der Waals surface area contributed by atoms with E-state index in [1.807, 2.05) is 12.5 Å². The highest BCUT2D eigenvalue weighted by atomic mass is 16.5. The number of furan rings is 1. The number of rotatable bonds is 3. The maximum Gasteiger partial charge on any atom is 0.217 e. The predicted octanol–water partition coefficient (Wildman–Crippen LogP) is 2.96. The average Bonchev–Trinajstić information content (AvgIpc) is 3.21. The zero-order chi connectivity index (χ0) is 19.3. The van der Waals surface area contributed by atoms with Crippen molar-refractivity contribution >= 4 is 0 Å². The van der Waals surface area contributed by atoms with Crippen molar-refractivity contribution in [1.82, 2.24) is 14.8 Å². The van der Waals surface area contributed by atoms with Crippen LogP contribution in [0.15, 0.2) is 29.0 Å². The van der Waals surface area contributed by atoms with Crippen LogP contribution < -0.4 is 4.74 Å². The smallest absolute Gasteiger partial charge is 0.217 e. The van der Waals surface area contributed by atoms with E-state index < -0.39 is 0 Å². The van der Waals surface area contributed by atoms with Gasteiger partial charge in [-0.15, -0.1) is 0 Å². The molecule has 0 saturated carbocycles. The molecular formula is C23H29N3O3. The lowest BCUT2D eigenvalue weighted by Gasteiger charge is -2.42. The second kappa shape index (κ2) is 7.11. The first-order valence-corrected chi connectivity index (χ1v) is 11.1. The summed E-state index contributed by atoms with van der Waals surface area (Å²) in [5.74, 6) is 2.51. The molecule has 0 radical (unpaired) electrons. The number of morpholine rings is 1. The Morgan fingerprint density at radius 2 is 2.00 bits per heavy atom. The van der Waals surface area contributed by atoms with E-state index in [0.717, 1.165) is 68.6 Å². The van der Waals surface area contributed by atoms with Gasteiger partial charge in [-0.3, -0.25) is 9.80 Å². The lowest BCUT2D eigenvalue weighted by molar-refractivity contribution is -0.0286. The molecule has 6 nitrogen and oxygen atoms in total. The minimum atomic E-state index is -0.0550. The third kappa shape index (κ3) is 3.27. The molecule has 2 bridgehead atoms. The number of pyridine rings is 1. The molecular weight excluding hydrogens is 366 g/mol. The van der Waals surface area contributed by atoms with E-state index in [2.05, 4.69) is 21.9 Å². The van der Waals surface area contributed by atoms with E-state index in [-0.39, 0.29) is 5.60 Å². The van der Waals surface area contributed by atoms with Gasteiger partial charge in [0.15, 0.2) is 0 Å². The van der Waals surface area contributed by atoms with E-state index in [9.17, 15) is 0 Å². The predicted molar refractivity (Wildman–Crippen MR) is 109 cm³/mol. The van der Waals surface area contributed by atoms with Gasteiger partial charge in [0.25, 0.3) is 0 Å². The number of ether oxygens (including phenoxy) is 2. The molecule has 0 N–H and O–H groups in total. The van der Waals surface area contributed by atoms with Crippen molar-refractivity contribution in [1.29, 1.82) is 0 Å². The SMILES string of the molecule is c1nc2c(cc1-c1coc(CN3CCOCC3)c1)C[C@@]1(CN3CCCC1CC3)O2. The molecule has 0 amide bonds. The summed E-state index contributed by atoms with van der Waals surface area (Å²) in [6.45, 7) is 7.89. The van der Waals surface area contributed by atoms with Crippen LogP contribution in [0.3, 0.4) is 0 Å². The Kier molecular flexibility index (Phi) is 4.40. The number of piperidine rings is 1. The van der Waals surface area contributed by atoms with Gasteiger partial charge in [-0.05, 0) is 44.5 Å². The molecule has 1 spiro atoms. The van der Waals surface area contributed by atoms with Crippen molar-refractivity contribution in [3.63, 3.8) is 0 Å². The number of hydrogen-bond donors (Lipinski definition) is 0. The van der Waals surface area contributed by atoms with Gasteiger partial charge in [0.1, 0.15) is 11.4 Å². The minimum Gasteiger partial charge on any atom is -0.469 e. The average molecular weight is 396 g/mol. The van der Waals surface area contributed by atoms with Gasteiger partial charge in [0, 0.05) is 54.9 Å². The van der Waals surface area contributed by atoms with E-state index in [0.29, 0.717) is 5.92 Å². The summed E-state index contributed by atoms with van der Waals surface area (Å²) in [5, 5.41) is 0. The van der Waals surface area contributed by atoms with Crippen molar-refractivity contribution in [2.75, 3.05) is 45.9 Å². The van der Waals surface area contributed by atoms with Crippen LogP contribution in [0.2, 0.25) is 0 Å². The number of hydrogen-bond acceptors (Lipinski definition) is 6. The van der Waals surface area contributed by atoms with Crippen molar-refractivity contribution in [3.8, 4) is 17.0 Å². The van der Waals surface area contributed by atoms with Gasteiger partial charge in [-0.2, -0.15) is 0 Å². The largest absolute Gasteiger partial charge is 0.469 e. The van der Waals surface area contributed by atoms with Crippen molar-refractivity contribution in [3.05, 3.63) is 35.9 Å². The zero-order valence-corrected chi connectivity index (χ0v) is 16.9. The fourth-order valence-corrected chi connectivity index (χ4v) is 5.68. The van der Waals surface area contributed by atoms with Crippen molar-refractivity contribution in [2.45, 2.75) is 37.8 Å². The summed E-state index contributed by atoms with van der Waals surface area (Å²) >= 11 is 0. The summed E-state index contributed by atoms with van der Waals surface area (Å²) in [4.78, 5) is 9.68. The van der Waals surface area contributed by atoms with Gasteiger partial charge >= 0.3 is 0 Å². The molecule has 7 heterocycles. The Bertz CT molecular complexity index is 887. The van der Waals surface area contributed by atoms with E-state index >= 15 is 0 Å². The lowest BCUT2D eigenvalue weighted by Crippen LogP contribution is -2.55. The van der Waals surface area contributed by atoms with Gasteiger partial charge in [0.05, 0.1) is 26.0 Å². The topological polar surface area (TPSA) is 51.0 Å².